The van der Waals surface area contributed by atoms with Crippen molar-refractivity contribution in [1.82, 2.24) is 4.90 Å². The average Bonchev–Trinajstić information content (AvgIpc) is 3.30. The summed E-state index contributed by atoms with van der Waals surface area (Å²) >= 11 is 6.04. The van der Waals surface area contributed by atoms with E-state index in [1.165, 1.54) is 30.2 Å². The summed E-state index contributed by atoms with van der Waals surface area (Å²) in [6.45, 7) is 7.14. The topological polar surface area (TPSA) is 104 Å². The summed E-state index contributed by atoms with van der Waals surface area (Å²) in [5.41, 5.74) is -0.920. The van der Waals surface area contributed by atoms with Gasteiger partial charge in [0.05, 0.1) is 41.0 Å². The first-order chi connectivity index (χ1) is 19.7. The molecule has 6 rings (SSSR count). The molecule has 2 aromatic carbocycles. The summed E-state index contributed by atoms with van der Waals surface area (Å²) in [6.07, 6.45) is 2.36. The fraction of sp³-hybridized carbons (Fsp3) is 0.438. The van der Waals surface area contributed by atoms with Crippen LogP contribution in [0.2, 0.25) is 5.02 Å². The molecule has 0 bridgehead atoms. The number of hydrogen-bond acceptors (Lipinski definition) is 6. The van der Waals surface area contributed by atoms with Crippen LogP contribution in [0.4, 0.5) is 10.1 Å². The molecule has 0 radical (unpaired) electrons. The maximum atomic E-state index is 14.5. The number of fused-ring (bicyclic) bond motifs is 4. The van der Waals surface area contributed by atoms with Crippen LogP contribution in [0.15, 0.2) is 48.0 Å². The molecule has 2 aliphatic heterocycles. The summed E-state index contributed by atoms with van der Waals surface area (Å²) in [5, 5.41) is 11.0. The number of phenolic OH excluding ortho intramolecular Hbond substituents is 1. The molecule has 0 aromatic heterocycles. The van der Waals surface area contributed by atoms with Crippen LogP contribution in [0.25, 0.3) is 0 Å². The number of ether oxygens (including phenoxy) is 1. The van der Waals surface area contributed by atoms with Crippen LogP contribution in [0.1, 0.15) is 52.0 Å². The number of carbonyl (C=O) groups excluding carboxylic acids is 4. The third-order valence-electron chi connectivity index (χ3n) is 9.66. The number of hydrogen-bond donors (Lipinski definition) is 1. The van der Waals surface area contributed by atoms with Crippen molar-refractivity contribution < 1.29 is 33.4 Å². The maximum absolute atomic E-state index is 14.5. The molecule has 4 aliphatic rings. The predicted octanol–water partition coefficient (Wildman–Crippen LogP) is 5.22. The highest BCUT2D eigenvalue weighted by Gasteiger charge is 2.68. The molecule has 0 spiro atoms. The number of halogens is 2. The van der Waals surface area contributed by atoms with Crippen LogP contribution in [0.5, 0.6) is 11.5 Å². The zero-order valence-electron chi connectivity index (χ0n) is 24.0. The van der Waals surface area contributed by atoms with Gasteiger partial charge in [0.15, 0.2) is 0 Å². The number of allylic oxidation sites excluding steroid dienone is 2. The highest BCUT2D eigenvalue weighted by molar-refractivity contribution is 6.31. The van der Waals surface area contributed by atoms with Crippen LogP contribution in [-0.2, 0) is 19.2 Å². The number of likely N-dealkylation sites (tertiary alicyclic amines) is 1. The van der Waals surface area contributed by atoms with Gasteiger partial charge in [-0.3, -0.25) is 24.1 Å². The second-order valence-corrected chi connectivity index (χ2v) is 13.2. The molecule has 6 atom stereocenters. The third-order valence-corrected chi connectivity index (χ3v) is 9.95. The Morgan fingerprint density at radius 3 is 2.40 bits per heavy atom. The molecule has 4 amide bonds. The zero-order chi connectivity index (χ0) is 30.5. The summed E-state index contributed by atoms with van der Waals surface area (Å²) in [5.74, 6) is -5.61. The van der Waals surface area contributed by atoms with Crippen molar-refractivity contribution in [2.24, 2.45) is 29.1 Å². The van der Waals surface area contributed by atoms with E-state index in [0.29, 0.717) is 17.7 Å². The molecule has 2 aromatic rings. The van der Waals surface area contributed by atoms with Crippen LogP contribution < -0.4 is 9.64 Å². The van der Waals surface area contributed by atoms with Crippen LogP contribution in [-0.4, -0.2) is 46.3 Å². The maximum Gasteiger partial charge on any atom is 0.241 e. The van der Waals surface area contributed by atoms with E-state index in [-0.39, 0.29) is 34.7 Å². The van der Waals surface area contributed by atoms with Gasteiger partial charge in [-0.1, -0.05) is 29.3 Å². The van der Waals surface area contributed by atoms with Crippen molar-refractivity contribution in [3.8, 4) is 11.5 Å². The Morgan fingerprint density at radius 1 is 1.05 bits per heavy atom. The lowest BCUT2D eigenvalue weighted by molar-refractivity contribution is -0.145. The molecule has 3 fully saturated rings. The Morgan fingerprint density at radius 2 is 1.76 bits per heavy atom. The Labute approximate surface area is 248 Å². The van der Waals surface area contributed by atoms with Gasteiger partial charge in [-0.05, 0) is 76.8 Å². The molecule has 1 saturated carbocycles. The molecule has 220 valence electrons. The van der Waals surface area contributed by atoms with Gasteiger partial charge in [-0.25, -0.2) is 9.29 Å². The Bertz CT molecular complexity index is 1600. The molecular weight excluding hydrogens is 563 g/mol. The third kappa shape index (κ3) is 3.71. The molecule has 6 unspecified atom stereocenters. The van der Waals surface area contributed by atoms with Gasteiger partial charge in [0.1, 0.15) is 17.3 Å². The molecule has 42 heavy (non-hydrogen) atoms. The minimum Gasteiger partial charge on any atom is -0.508 e. The summed E-state index contributed by atoms with van der Waals surface area (Å²) < 4.78 is 19.7. The van der Waals surface area contributed by atoms with Crippen molar-refractivity contribution in [2.75, 3.05) is 12.0 Å². The van der Waals surface area contributed by atoms with E-state index >= 15 is 0 Å². The fourth-order valence-corrected chi connectivity index (χ4v) is 8.03. The van der Waals surface area contributed by atoms with E-state index < -0.39 is 58.2 Å². The molecule has 2 saturated heterocycles. The molecule has 10 heteroatoms. The minimum atomic E-state index is -1.39. The van der Waals surface area contributed by atoms with Crippen molar-refractivity contribution in [3.63, 3.8) is 0 Å². The molecular formula is C32H32ClFN2O6. The molecule has 2 aliphatic carbocycles. The largest absolute Gasteiger partial charge is 0.508 e. The van der Waals surface area contributed by atoms with Crippen molar-refractivity contribution in [1.29, 1.82) is 0 Å². The molecule has 1 N–H and O–H groups in total. The first kappa shape index (κ1) is 28.4. The molecule has 8 nitrogen and oxygen atoms in total. The number of carbonyl (C=O) groups is 4. The van der Waals surface area contributed by atoms with Crippen molar-refractivity contribution >= 4 is 40.9 Å². The van der Waals surface area contributed by atoms with Crippen molar-refractivity contribution in [2.45, 2.75) is 52.0 Å². The number of aromatic hydroxyl groups is 1. The normalized spacial score (nSPS) is 30.7. The number of amides is 4. The predicted molar refractivity (Wildman–Crippen MR) is 152 cm³/mol. The minimum absolute atomic E-state index is 0.114. The van der Waals surface area contributed by atoms with Crippen LogP contribution in [0, 0.1) is 34.9 Å². The SMILES string of the molecule is COc1cccc(O)c1C1C2=CCC3C(=O)N(C(C)(C)C)C(=O)C3C2CC2C(=O)N(c3ccc(F)c(Cl)c3)C(=O)C21C. The van der Waals surface area contributed by atoms with Gasteiger partial charge in [0, 0.05) is 17.0 Å². The number of anilines is 1. The fourth-order valence-electron chi connectivity index (χ4n) is 7.86. The lowest BCUT2D eigenvalue weighted by Gasteiger charge is -2.49. The van der Waals surface area contributed by atoms with Gasteiger partial charge in [-0.2, -0.15) is 0 Å². The summed E-state index contributed by atoms with van der Waals surface area (Å²) in [6, 6.07) is 8.46. The van der Waals surface area contributed by atoms with E-state index in [0.717, 1.165) is 16.5 Å². The second-order valence-electron chi connectivity index (χ2n) is 12.8. The Balaban J connectivity index is 1.56. The highest BCUT2D eigenvalue weighted by Crippen LogP contribution is 2.65. The zero-order valence-corrected chi connectivity index (χ0v) is 24.7. The molecule has 2 heterocycles. The van der Waals surface area contributed by atoms with E-state index in [1.54, 1.807) is 19.1 Å². The monoisotopic (exact) mass is 594 g/mol. The van der Waals surface area contributed by atoms with Gasteiger partial charge in [0.2, 0.25) is 23.6 Å². The van der Waals surface area contributed by atoms with Gasteiger partial charge < -0.3 is 9.84 Å². The van der Waals surface area contributed by atoms with Gasteiger partial charge >= 0.3 is 0 Å². The smallest absolute Gasteiger partial charge is 0.241 e. The van der Waals surface area contributed by atoms with Gasteiger partial charge in [-0.15, -0.1) is 0 Å². The summed E-state index contributed by atoms with van der Waals surface area (Å²) in [7, 11) is 1.46. The standard InChI is InChI=1S/C32H32ClFN2O6/c1-31(2,3)36-27(38)17-11-10-16-18(24(17)29(36)40)14-19-28(39)35(15-9-12-21(34)20(33)13-15)30(41)32(19,4)26(16)25-22(37)7-6-8-23(25)42-5/h6-10,12-13,17-19,24,26,37H,11,14H2,1-5H3. The van der Waals surface area contributed by atoms with E-state index in [2.05, 4.69) is 0 Å². The van der Waals surface area contributed by atoms with Gasteiger partial charge in [0.25, 0.3) is 0 Å². The Kier molecular flexibility index (Phi) is 6.35. The lowest BCUT2D eigenvalue weighted by Crippen LogP contribution is -2.49. The number of benzene rings is 2. The second kappa shape index (κ2) is 9.39. The van der Waals surface area contributed by atoms with E-state index in [1.807, 2.05) is 26.8 Å². The number of imide groups is 2. The van der Waals surface area contributed by atoms with Crippen molar-refractivity contribution in [3.05, 3.63) is 64.5 Å². The van der Waals surface area contributed by atoms with Crippen LogP contribution >= 0.6 is 11.6 Å². The van der Waals surface area contributed by atoms with Crippen LogP contribution in [0.3, 0.4) is 0 Å². The number of phenols is 1. The lowest BCUT2D eigenvalue weighted by atomic mass is 9.51. The first-order valence-corrected chi connectivity index (χ1v) is 14.4. The average molecular weight is 595 g/mol. The highest BCUT2D eigenvalue weighted by atomic mass is 35.5. The number of rotatable bonds is 3. The Hall–Kier alpha value is -3.72. The number of methoxy groups -OCH3 is 1. The quantitative estimate of drug-likeness (QED) is 0.386. The number of nitrogens with zero attached hydrogens (tertiary/aromatic N) is 2. The summed E-state index contributed by atoms with van der Waals surface area (Å²) in [4.78, 5) is 58.5. The van der Waals surface area contributed by atoms with E-state index in [9.17, 15) is 28.7 Å². The first-order valence-electron chi connectivity index (χ1n) is 14.0. The van der Waals surface area contributed by atoms with E-state index in [4.69, 9.17) is 16.3 Å².